The largest absolute Gasteiger partial charge is 0.508 e. The van der Waals surface area contributed by atoms with Crippen molar-refractivity contribution in [2.45, 2.75) is 13.0 Å². The number of nitrogens with one attached hydrogen (secondary N) is 1. The zero-order valence-electron chi connectivity index (χ0n) is 15.1. The summed E-state index contributed by atoms with van der Waals surface area (Å²) in [5, 5.41) is 11.9. The van der Waals surface area contributed by atoms with Gasteiger partial charge in [-0.05, 0) is 66.6 Å². The van der Waals surface area contributed by atoms with Gasteiger partial charge in [-0.25, -0.2) is 9.18 Å². The van der Waals surface area contributed by atoms with Crippen LogP contribution < -0.4 is 5.32 Å². The highest BCUT2D eigenvalue weighted by Gasteiger charge is 2.19. The Kier molecular flexibility index (Phi) is 5.69. The Morgan fingerprint density at radius 3 is 2.00 bits per heavy atom. The first-order chi connectivity index (χ1) is 13.4. The maximum absolute atomic E-state index is 12.9. The van der Waals surface area contributed by atoms with Gasteiger partial charge >= 0.3 is 5.97 Å². The molecule has 142 valence electrons. The Labute approximate surface area is 161 Å². The van der Waals surface area contributed by atoms with Gasteiger partial charge in [0.25, 0.3) is 5.91 Å². The summed E-state index contributed by atoms with van der Waals surface area (Å²) in [5.41, 5.74) is 2.49. The second kappa shape index (κ2) is 8.35. The predicted octanol–water partition coefficient (Wildman–Crippen LogP) is 4.38. The van der Waals surface area contributed by atoms with Crippen LogP contribution in [-0.2, 0) is 9.53 Å². The molecule has 0 saturated carbocycles. The summed E-state index contributed by atoms with van der Waals surface area (Å²) >= 11 is 0. The van der Waals surface area contributed by atoms with Crippen molar-refractivity contribution in [3.05, 3.63) is 84.2 Å². The average Bonchev–Trinajstić information content (AvgIpc) is 2.70. The van der Waals surface area contributed by atoms with E-state index in [0.717, 1.165) is 11.1 Å². The van der Waals surface area contributed by atoms with Gasteiger partial charge in [0, 0.05) is 5.69 Å². The van der Waals surface area contributed by atoms with E-state index in [1.807, 2.05) is 0 Å². The molecule has 0 radical (unpaired) electrons. The Morgan fingerprint density at radius 2 is 1.43 bits per heavy atom. The second-order valence-corrected chi connectivity index (χ2v) is 6.17. The molecule has 3 aromatic carbocycles. The SMILES string of the molecule is C[C@@H](OC(=O)c1ccc(-c2ccc(O)cc2)cc1)C(=O)Nc1ccc(F)cc1. The summed E-state index contributed by atoms with van der Waals surface area (Å²) in [4.78, 5) is 24.4. The van der Waals surface area contributed by atoms with Crippen LogP contribution in [0.15, 0.2) is 72.8 Å². The van der Waals surface area contributed by atoms with E-state index in [-0.39, 0.29) is 5.75 Å². The van der Waals surface area contributed by atoms with Crippen molar-refractivity contribution in [1.29, 1.82) is 0 Å². The minimum absolute atomic E-state index is 0.178. The topological polar surface area (TPSA) is 75.6 Å². The first kappa shape index (κ1) is 19.1. The van der Waals surface area contributed by atoms with Crippen molar-refractivity contribution >= 4 is 17.6 Å². The lowest BCUT2D eigenvalue weighted by molar-refractivity contribution is -0.123. The number of aromatic hydroxyl groups is 1. The smallest absolute Gasteiger partial charge is 0.338 e. The molecule has 0 aliphatic rings. The monoisotopic (exact) mass is 379 g/mol. The molecular formula is C22H18FNO4. The number of carbonyl (C=O) groups excluding carboxylic acids is 2. The molecule has 0 unspecified atom stereocenters. The molecule has 1 amide bonds. The molecule has 1 atom stereocenters. The standard InChI is InChI=1S/C22H18FNO4/c1-14(21(26)24-19-10-8-18(23)9-11-19)28-22(27)17-4-2-15(3-5-17)16-6-12-20(25)13-7-16/h2-14,25H,1H3,(H,24,26)/t14-/m1/s1. The van der Waals surface area contributed by atoms with Gasteiger partial charge < -0.3 is 15.2 Å². The maximum atomic E-state index is 12.9. The maximum Gasteiger partial charge on any atom is 0.338 e. The second-order valence-electron chi connectivity index (χ2n) is 6.17. The van der Waals surface area contributed by atoms with Gasteiger partial charge in [0.1, 0.15) is 11.6 Å². The van der Waals surface area contributed by atoms with Gasteiger partial charge in [-0.3, -0.25) is 4.79 Å². The van der Waals surface area contributed by atoms with E-state index in [2.05, 4.69) is 5.32 Å². The van der Waals surface area contributed by atoms with E-state index in [1.165, 1.54) is 31.2 Å². The molecule has 0 aliphatic carbocycles. The highest BCUT2D eigenvalue weighted by Crippen LogP contribution is 2.22. The molecule has 5 nitrogen and oxygen atoms in total. The van der Waals surface area contributed by atoms with Crippen LogP contribution in [0.5, 0.6) is 5.75 Å². The Bertz CT molecular complexity index is 967. The summed E-state index contributed by atoms with van der Waals surface area (Å²) in [6, 6.07) is 18.7. The summed E-state index contributed by atoms with van der Waals surface area (Å²) in [7, 11) is 0. The van der Waals surface area contributed by atoms with Crippen LogP contribution in [0, 0.1) is 5.82 Å². The molecular weight excluding hydrogens is 361 g/mol. The van der Waals surface area contributed by atoms with E-state index < -0.39 is 23.8 Å². The minimum Gasteiger partial charge on any atom is -0.508 e. The highest BCUT2D eigenvalue weighted by atomic mass is 19.1. The van der Waals surface area contributed by atoms with Crippen molar-refractivity contribution in [3.63, 3.8) is 0 Å². The van der Waals surface area contributed by atoms with Crippen molar-refractivity contribution in [2.24, 2.45) is 0 Å². The van der Waals surface area contributed by atoms with E-state index in [0.29, 0.717) is 11.3 Å². The van der Waals surface area contributed by atoms with Crippen molar-refractivity contribution in [2.75, 3.05) is 5.32 Å². The lowest BCUT2D eigenvalue weighted by Gasteiger charge is -2.14. The zero-order valence-corrected chi connectivity index (χ0v) is 15.1. The van der Waals surface area contributed by atoms with Crippen LogP contribution in [0.1, 0.15) is 17.3 Å². The molecule has 0 bridgehead atoms. The number of amides is 1. The average molecular weight is 379 g/mol. The lowest BCUT2D eigenvalue weighted by Crippen LogP contribution is -2.30. The number of ether oxygens (including phenoxy) is 1. The number of halogens is 1. The van der Waals surface area contributed by atoms with Crippen LogP contribution in [0.2, 0.25) is 0 Å². The predicted molar refractivity (Wildman–Crippen MR) is 103 cm³/mol. The summed E-state index contributed by atoms with van der Waals surface area (Å²) < 4.78 is 18.1. The van der Waals surface area contributed by atoms with E-state index >= 15 is 0 Å². The fraction of sp³-hybridized carbons (Fsp3) is 0.0909. The van der Waals surface area contributed by atoms with Gasteiger partial charge in [-0.15, -0.1) is 0 Å². The van der Waals surface area contributed by atoms with Crippen molar-refractivity contribution in [3.8, 4) is 16.9 Å². The third kappa shape index (κ3) is 4.73. The first-order valence-electron chi connectivity index (χ1n) is 8.59. The molecule has 6 heteroatoms. The lowest BCUT2D eigenvalue weighted by atomic mass is 10.0. The molecule has 28 heavy (non-hydrogen) atoms. The summed E-state index contributed by atoms with van der Waals surface area (Å²) in [6.45, 7) is 1.46. The molecule has 0 aromatic heterocycles. The van der Waals surface area contributed by atoms with Crippen LogP contribution in [0.4, 0.5) is 10.1 Å². The van der Waals surface area contributed by atoms with Gasteiger partial charge in [-0.2, -0.15) is 0 Å². The molecule has 0 fully saturated rings. The molecule has 2 N–H and O–H groups in total. The number of carbonyl (C=O) groups is 2. The number of hydrogen-bond donors (Lipinski definition) is 2. The van der Waals surface area contributed by atoms with Crippen molar-refractivity contribution < 1.29 is 23.8 Å². The number of benzene rings is 3. The molecule has 3 aromatic rings. The number of hydrogen-bond acceptors (Lipinski definition) is 4. The third-order valence-corrected chi connectivity index (χ3v) is 4.09. The molecule has 0 saturated heterocycles. The molecule has 0 spiro atoms. The Balaban J connectivity index is 1.61. The summed E-state index contributed by atoms with van der Waals surface area (Å²) in [5.74, 6) is -1.37. The van der Waals surface area contributed by atoms with Crippen LogP contribution >= 0.6 is 0 Å². The van der Waals surface area contributed by atoms with E-state index in [9.17, 15) is 19.1 Å². The quantitative estimate of drug-likeness (QED) is 0.645. The van der Waals surface area contributed by atoms with Gasteiger partial charge in [0.05, 0.1) is 5.56 Å². The fourth-order valence-electron chi connectivity index (χ4n) is 2.51. The number of phenols is 1. The highest BCUT2D eigenvalue weighted by molar-refractivity contribution is 5.97. The van der Waals surface area contributed by atoms with Crippen LogP contribution in [0.25, 0.3) is 11.1 Å². The molecule has 0 heterocycles. The third-order valence-electron chi connectivity index (χ3n) is 4.09. The van der Waals surface area contributed by atoms with Crippen molar-refractivity contribution in [1.82, 2.24) is 0 Å². The fourth-order valence-corrected chi connectivity index (χ4v) is 2.51. The first-order valence-corrected chi connectivity index (χ1v) is 8.59. The van der Waals surface area contributed by atoms with E-state index in [4.69, 9.17) is 4.74 Å². The number of anilines is 1. The zero-order chi connectivity index (χ0) is 20.1. The Morgan fingerprint density at radius 1 is 0.893 bits per heavy atom. The van der Waals surface area contributed by atoms with Gasteiger partial charge in [-0.1, -0.05) is 24.3 Å². The van der Waals surface area contributed by atoms with Gasteiger partial charge in [0.15, 0.2) is 6.10 Å². The van der Waals surface area contributed by atoms with Crippen LogP contribution in [-0.4, -0.2) is 23.1 Å². The van der Waals surface area contributed by atoms with Crippen LogP contribution in [0.3, 0.4) is 0 Å². The Hall–Kier alpha value is -3.67. The number of phenolic OH excluding ortho intramolecular Hbond substituents is 1. The van der Waals surface area contributed by atoms with E-state index in [1.54, 1.807) is 48.5 Å². The summed E-state index contributed by atoms with van der Waals surface area (Å²) in [6.07, 6.45) is -1.02. The minimum atomic E-state index is -1.02. The normalized spacial score (nSPS) is 11.5. The number of esters is 1. The van der Waals surface area contributed by atoms with Gasteiger partial charge in [0.2, 0.25) is 0 Å². The number of rotatable bonds is 5. The molecule has 3 rings (SSSR count). The molecule has 0 aliphatic heterocycles.